The minimum atomic E-state index is -0.224. The number of unbranched alkanes of at least 4 members (excludes halogenated alkanes) is 1. The predicted molar refractivity (Wildman–Crippen MR) is 58.6 cm³/mol. The maximum Gasteiger partial charge on any atom is 0.166 e. The van der Waals surface area contributed by atoms with Crippen LogP contribution in [0.3, 0.4) is 0 Å². The lowest BCUT2D eigenvalue weighted by atomic mass is 10.0. The third-order valence-electron chi connectivity index (χ3n) is 2.12. The Hall–Kier alpha value is -1.22. The largest absolute Gasteiger partial charge is 0.507 e. The van der Waals surface area contributed by atoms with Gasteiger partial charge in [-0.1, -0.05) is 24.9 Å². The zero-order valence-corrected chi connectivity index (χ0v) is 9.21. The zero-order valence-electron chi connectivity index (χ0n) is 8.46. The van der Waals surface area contributed by atoms with E-state index in [2.05, 4.69) is 0 Å². The number of rotatable bonds is 4. The summed E-state index contributed by atoms with van der Waals surface area (Å²) in [4.78, 5) is 11.6. The van der Waals surface area contributed by atoms with Crippen molar-refractivity contribution in [2.45, 2.75) is 26.2 Å². The first kappa shape index (κ1) is 11.9. The maximum atomic E-state index is 11.6. The molecule has 1 rings (SSSR count). The van der Waals surface area contributed by atoms with Crippen molar-refractivity contribution in [3.8, 4) is 11.5 Å². The van der Waals surface area contributed by atoms with Gasteiger partial charge in [-0.3, -0.25) is 4.79 Å². The highest BCUT2D eigenvalue weighted by Gasteiger charge is 2.13. The van der Waals surface area contributed by atoms with Gasteiger partial charge in [-0.15, -0.1) is 0 Å². The molecule has 0 saturated heterocycles. The molecule has 0 heterocycles. The van der Waals surface area contributed by atoms with Gasteiger partial charge in [-0.2, -0.15) is 0 Å². The van der Waals surface area contributed by atoms with Crippen LogP contribution in [-0.4, -0.2) is 16.0 Å². The van der Waals surface area contributed by atoms with Crippen LogP contribution in [0.4, 0.5) is 0 Å². The van der Waals surface area contributed by atoms with Crippen LogP contribution in [0.1, 0.15) is 36.5 Å². The monoisotopic (exact) mass is 228 g/mol. The highest BCUT2D eigenvalue weighted by atomic mass is 35.5. The summed E-state index contributed by atoms with van der Waals surface area (Å²) in [6, 6.07) is 2.38. The molecule has 4 heteroatoms. The fourth-order valence-electron chi connectivity index (χ4n) is 1.25. The summed E-state index contributed by atoms with van der Waals surface area (Å²) < 4.78 is 0. The molecule has 0 aliphatic carbocycles. The van der Waals surface area contributed by atoms with E-state index >= 15 is 0 Å². The second-order valence-electron chi connectivity index (χ2n) is 3.35. The van der Waals surface area contributed by atoms with Crippen LogP contribution >= 0.6 is 11.6 Å². The van der Waals surface area contributed by atoms with Gasteiger partial charge in [0.25, 0.3) is 0 Å². The van der Waals surface area contributed by atoms with Gasteiger partial charge in [-0.25, -0.2) is 0 Å². The van der Waals surface area contributed by atoms with Crippen molar-refractivity contribution in [1.29, 1.82) is 0 Å². The molecule has 15 heavy (non-hydrogen) atoms. The second kappa shape index (κ2) is 5.03. The van der Waals surface area contributed by atoms with Crippen LogP contribution in [0.25, 0.3) is 0 Å². The number of phenolic OH excluding ortho intramolecular Hbond substituents is 2. The first-order chi connectivity index (χ1) is 7.06. The molecule has 1 aromatic rings. The minimum absolute atomic E-state index is 0.0765. The predicted octanol–water partition coefficient (Wildman–Crippen LogP) is 3.12. The van der Waals surface area contributed by atoms with Crippen molar-refractivity contribution in [3.63, 3.8) is 0 Å². The van der Waals surface area contributed by atoms with Crippen molar-refractivity contribution in [2.24, 2.45) is 0 Å². The number of carbonyl (C=O) groups is 1. The average molecular weight is 229 g/mol. The molecule has 0 amide bonds. The van der Waals surface area contributed by atoms with Crippen LogP contribution < -0.4 is 0 Å². The third-order valence-corrected chi connectivity index (χ3v) is 2.43. The average Bonchev–Trinajstić information content (AvgIpc) is 2.20. The van der Waals surface area contributed by atoms with Gasteiger partial charge in [0.05, 0.1) is 10.6 Å². The van der Waals surface area contributed by atoms with Crippen LogP contribution in [0.15, 0.2) is 12.1 Å². The summed E-state index contributed by atoms with van der Waals surface area (Å²) in [5.41, 5.74) is 0.172. The summed E-state index contributed by atoms with van der Waals surface area (Å²) in [5.74, 6) is -0.601. The Bertz CT molecular complexity index is 374. The lowest BCUT2D eigenvalue weighted by Crippen LogP contribution is -1.99. The molecule has 0 atom stereocenters. The molecule has 2 N–H and O–H groups in total. The Morgan fingerprint density at radius 1 is 1.33 bits per heavy atom. The van der Waals surface area contributed by atoms with E-state index in [1.807, 2.05) is 6.92 Å². The van der Waals surface area contributed by atoms with Crippen LogP contribution in [-0.2, 0) is 0 Å². The fourth-order valence-corrected chi connectivity index (χ4v) is 1.41. The number of Topliss-reactive ketones (excluding diaryl/α,β-unsaturated/α-hetero) is 1. The molecule has 0 bridgehead atoms. The summed E-state index contributed by atoms with van der Waals surface area (Å²) in [6.45, 7) is 1.98. The number of benzene rings is 1. The minimum Gasteiger partial charge on any atom is -0.507 e. The molecule has 0 spiro atoms. The summed E-state index contributed by atoms with van der Waals surface area (Å²) in [6.07, 6.45) is 2.07. The van der Waals surface area contributed by atoms with Crippen molar-refractivity contribution in [3.05, 3.63) is 22.7 Å². The SMILES string of the molecule is CCCCC(=O)c1cc(Cl)c(O)cc1O. The molecule has 0 saturated carbocycles. The lowest BCUT2D eigenvalue weighted by Gasteiger charge is -2.05. The third kappa shape index (κ3) is 2.86. The molecule has 3 nitrogen and oxygen atoms in total. The van der Waals surface area contributed by atoms with E-state index in [0.717, 1.165) is 18.9 Å². The molecule has 0 fully saturated rings. The van der Waals surface area contributed by atoms with E-state index in [-0.39, 0.29) is 27.9 Å². The Kier molecular flexibility index (Phi) is 3.97. The molecule has 82 valence electrons. The van der Waals surface area contributed by atoms with Gasteiger partial charge >= 0.3 is 0 Å². The summed E-state index contributed by atoms with van der Waals surface area (Å²) in [7, 11) is 0. The first-order valence-corrected chi connectivity index (χ1v) is 5.18. The van der Waals surface area contributed by atoms with E-state index < -0.39 is 0 Å². The highest BCUT2D eigenvalue weighted by Crippen LogP contribution is 2.31. The molecular formula is C11H13ClO3. The zero-order chi connectivity index (χ0) is 11.4. The van der Waals surface area contributed by atoms with Gasteiger partial charge in [0.2, 0.25) is 0 Å². The van der Waals surface area contributed by atoms with Gasteiger partial charge in [0.1, 0.15) is 11.5 Å². The molecule has 0 radical (unpaired) electrons. The number of phenols is 2. The molecule has 0 unspecified atom stereocenters. The quantitative estimate of drug-likeness (QED) is 0.779. The summed E-state index contributed by atoms with van der Waals surface area (Å²) >= 11 is 5.65. The second-order valence-corrected chi connectivity index (χ2v) is 3.75. The van der Waals surface area contributed by atoms with Gasteiger partial charge in [0, 0.05) is 12.5 Å². The summed E-state index contributed by atoms with van der Waals surface area (Å²) in [5, 5.41) is 18.7. The van der Waals surface area contributed by atoms with E-state index in [4.69, 9.17) is 11.6 Å². The number of aromatic hydroxyl groups is 2. The number of hydrogen-bond acceptors (Lipinski definition) is 3. The Balaban J connectivity index is 2.94. The maximum absolute atomic E-state index is 11.6. The molecule has 0 aliphatic heterocycles. The van der Waals surface area contributed by atoms with Gasteiger partial charge in [-0.05, 0) is 12.5 Å². The van der Waals surface area contributed by atoms with Crippen LogP contribution in [0, 0.1) is 0 Å². The number of ketones is 1. The highest BCUT2D eigenvalue weighted by molar-refractivity contribution is 6.32. The number of carbonyl (C=O) groups excluding carboxylic acids is 1. The van der Waals surface area contributed by atoms with Crippen LogP contribution in [0.5, 0.6) is 11.5 Å². The van der Waals surface area contributed by atoms with Gasteiger partial charge in [0.15, 0.2) is 5.78 Å². The Labute approximate surface area is 93.3 Å². The molecular weight excluding hydrogens is 216 g/mol. The van der Waals surface area contributed by atoms with Crippen molar-refractivity contribution in [2.75, 3.05) is 0 Å². The number of hydrogen-bond donors (Lipinski definition) is 2. The Morgan fingerprint density at radius 2 is 2.00 bits per heavy atom. The molecule has 1 aromatic carbocycles. The van der Waals surface area contributed by atoms with E-state index in [0.29, 0.717) is 6.42 Å². The van der Waals surface area contributed by atoms with E-state index in [1.54, 1.807) is 0 Å². The standard InChI is InChI=1S/C11H13ClO3/c1-2-3-4-9(13)7-5-8(12)11(15)6-10(7)14/h5-6,14-15H,2-4H2,1H3. The smallest absolute Gasteiger partial charge is 0.166 e. The normalized spacial score (nSPS) is 10.3. The van der Waals surface area contributed by atoms with Gasteiger partial charge < -0.3 is 10.2 Å². The van der Waals surface area contributed by atoms with E-state index in [1.165, 1.54) is 6.07 Å². The molecule has 0 aliphatic rings. The van der Waals surface area contributed by atoms with Crippen molar-refractivity contribution < 1.29 is 15.0 Å². The lowest BCUT2D eigenvalue weighted by molar-refractivity contribution is 0.0977. The fraction of sp³-hybridized carbons (Fsp3) is 0.364. The van der Waals surface area contributed by atoms with Crippen LogP contribution in [0.2, 0.25) is 5.02 Å². The van der Waals surface area contributed by atoms with E-state index in [9.17, 15) is 15.0 Å². The first-order valence-electron chi connectivity index (χ1n) is 4.81. The van der Waals surface area contributed by atoms with Crippen molar-refractivity contribution >= 4 is 17.4 Å². The number of halogens is 1. The molecule has 0 aromatic heterocycles. The van der Waals surface area contributed by atoms with Crippen molar-refractivity contribution in [1.82, 2.24) is 0 Å². The Morgan fingerprint density at radius 3 is 2.60 bits per heavy atom. The topological polar surface area (TPSA) is 57.5 Å².